The van der Waals surface area contributed by atoms with Crippen molar-refractivity contribution >= 4 is 17.9 Å². The summed E-state index contributed by atoms with van der Waals surface area (Å²) in [7, 11) is 0. The molecule has 0 amide bonds. The molecule has 1 aliphatic heterocycles. The summed E-state index contributed by atoms with van der Waals surface area (Å²) in [4.78, 5) is 38.2. The molecule has 2 aromatic carbocycles. The maximum atomic E-state index is 12.9. The van der Waals surface area contributed by atoms with Crippen molar-refractivity contribution in [2.75, 3.05) is 0 Å². The van der Waals surface area contributed by atoms with E-state index in [0.717, 1.165) is 33.9 Å². The zero-order valence-corrected chi connectivity index (χ0v) is 17.1. The van der Waals surface area contributed by atoms with Gasteiger partial charge in [-0.05, 0) is 22.1 Å². The highest BCUT2D eigenvalue weighted by Crippen LogP contribution is 2.64. The van der Waals surface area contributed by atoms with Gasteiger partial charge in [-0.1, -0.05) is 69.8 Å². The van der Waals surface area contributed by atoms with Gasteiger partial charge in [-0.2, -0.15) is 0 Å². The molecule has 4 atom stereocenters. The molecule has 2 aromatic rings. The number of cyclic esters (lactones) is 2. The normalized spacial score (nSPS) is 28.3. The van der Waals surface area contributed by atoms with Gasteiger partial charge in [-0.15, -0.1) is 0 Å². The van der Waals surface area contributed by atoms with E-state index in [1.54, 1.807) is 0 Å². The number of carbonyl (C=O) groups is 3. The molecule has 6 rings (SSSR count). The molecule has 1 fully saturated rings. The van der Waals surface area contributed by atoms with Crippen molar-refractivity contribution in [2.24, 2.45) is 11.8 Å². The summed E-state index contributed by atoms with van der Waals surface area (Å²) in [6.45, 7) is 9.83. The van der Waals surface area contributed by atoms with E-state index in [4.69, 9.17) is 9.47 Å². The van der Waals surface area contributed by atoms with Crippen LogP contribution >= 0.6 is 0 Å². The average Bonchev–Trinajstić information content (AvgIpc) is 3.02. The van der Waals surface area contributed by atoms with Crippen molar-refractivity contribution in [1.82, 2.24) is 0 Å². The third kappa shape index (κ3) is 2.20. The van der Waals surface area contributed by atoms with E-state index >= 15 is 0 Å². The number of ether oxygens (including phenoxy) is 2. The molecule has 1 heterocycles. The van der Waals surface area contributed by atoms with Crippen molar-refractivity contribution in [3.63, 3.8) is 0 Å². The third-order valence-electron chi connectivity index (χ3n) is 6.66. The van der Waals surface area contributed by atoms with Gasteiger partial charge in [0.15, 0.2) is 5.60 Å². The van der Waals surface area contributed by atoms with E-state index in [-0.39, 0.29) is 11.3 Å². The van der Waals surface area contributed by atoms with Crippen LogP contribution in [0.1, 0.15) is 54.5 Å². The van der Waals surface area contributed by atoms with Crippen LogP contribution in [0.5, 0.6) is 0 Å². The molecule has 1 saturated heterocycles. The molecule has 152 valence electrons. The molecule has 5 heteroatoms. The van der Waals surface area contributed by atoms with Gasteiger partial charge < -0.3 is 9.47 Å². The first-order chi connectivity index (χ1) is 14.2. The zero-order chi connectivity index (χ0) is 21.4. The fourth-order valence-electron chi connectivity index (χ4n) is 5.39. The number of carbonyl (C=O) groups excluding carboxylic acids is 3. The predicted octanol–water partition coefficient (Wildman–Crippen LogP) is 3.73. The van der Waals surface area contributed by atoms with Gasteiger partial charge >= 0.3 is 17.9 Å². The Morgan fingerprint density at radius 2 is 1.77 bits per heavy atom. The highest BCUT2D eigenvalue weighted by Gasteiger charge is 2.69. The van der Waals surface area contributed by atoms with Crippen LogP contribution in [0.3, 0.4) is 0 Å². The van der Waals surface area contributed by atoms with Gasteiger partial charge in [0.25, 0.3) is 0 Å². The first-order valence-electron chi connectivity index (χ1n) is 10.1. The van der Waals surface area contributed by atoms with Gasteiger partial charge in [0.2, 0.25) is 0 Å². The van der Waals surface area contributed by atoms with Gasteiger partial charge in [0.1, 0.15) is 5.92 Å². The highest BCUT2D eigenvalue weighted by atomic mass is 16.6. The first-order valence-corrected chi connectivity index (χ1v) is 10.1. The van der Waals surface area contributed by atoms with Crippen LogP contribution in [-0.4, -0.2) is 17.9 Å². The van der Waals surface area contributed by atoms with Gasteiger partial charge in [-0.3, -0.25) is 9.59 Å². The number of esters is 3. The number of hydrogen-bond donors (Lipinski definition) is 0. The maximum absolute atomic E-state index is 12.9. The van der Waals surface area contributed by atoms with Crippen LogP contribution in [0.4, 0.5) is 0 Å². The summed E-state index contributed by atoms with van der Waals surface area (Å²) < 4.78 is 11.2. The van der Waals surface area contributed by atoms with Crippen molar-refractivity contribution in [1.29, 1.82) is 0 Å². The molecule has 0 radical (unpaired) electrons. The minimum atomic E-state index is -1.43. The molecule has 0 N–H and O–H groups in total. The monoisotopic (exact) mass is 402 g/mol. The molecular formula is C25H22O5. The Bertz CT molecular complexity index is 1140. The van der Waals surface area contributed by atoms with Crippen LogP contribution in [0.15, 0.2) is 55.1 Å². The van der Waals surface area contributed by atoms with Crippen LogP contribution in [-0.2, 0) is 34.9 Å². The molecule has 0 aromatic heterocycles. The lowest BCUT2D eigenvalue weighted by Crippen LogP contribution is -2.55. The fourth-order valence-corrected chi connectivity index (χ4v) is 5.39. The zero-order valence-electron chi connectivity index (χ0n) is 17.1. The Kier molecular flexibility index (Phi) is 3.70. The molecule has 4 unspecified atom stereocenters. The minimum Gasteiger partial charge on any atom is -0.445 e. The van der Waals surface area contributed by atoms with Crippen LogP contribution in [0.2, 0.25) is 0 Å². The smallest absolute Gasteiger partial charge is 0.331 e. The van der Waals surface area contributed by atoms with E-state index in [1.807, 2.05) is 42.5 Å². The maximum Gasteiger partial charge on any atom is 0.331 e. The summed E-state index contributed by atoms with van der Waals surface area (Å²) >= 11 is 0. The largest absolute Gasteiger partial charge is 0.445 e. The average molecular weight is 402 g/mol. The number of rotatable bonds is 2. The van der Waals surface area contributed by atoms with Crippen molar-refractivity contribution < 1.29 is 23.9 Å². The summed E-state index contributed by atoms with van der Waals surface area (Å²) in [6.07, 6.45) is 1.09. The lowest BCUT2D eigenvalue weighted by molar-refractivity contribution is -0.166. The second-order valence-corrected chi connectivity index (χ2v) is 9.22. The Morgan fingerprint density at radius 3 is 2.47 bits per heavy atom. The van der Waals surface area contributed by atoms with Gasteiger partial charge in [0.05, 0.1) is 5.92 Å². The fraction of sp³-hybridized carbons (Fsp3) is 0.320. The Morgan fingerprint density at radius 1 is 1.07 bits per heavy atom. The minimum absolute atomic E-state index is 0.152. The second kappa shape index (κ2) is 5.91. The predicted molar refractivity (Wildman–Crippen MR) is 109 cm³/mol. The van der Waals surface area contributed by atoms with Crippen LogP contribution in [0, 0.1) is 11.8 Å². The Labute approximate surface area is 174 Å². The van der Waals surface area contributed by atoms with E-state index in [1.165, 1.54) is 0 Å². The van der Waals surface area contributed by atoms with Crippen molar-refractivity contribution in [3.8, 4) is 0 Å². The highest BCUT2D eigenvalue weighted by molar-refractivity contribution is 6.01. The first kappa shape index (κ1) is 18.8. The quantitative estimate of drug-likeness (QED) is 0.435. The third-order valence-corrected chi connectivity index (χ3v) is 6.66. The molecular weight excluding hydrogens is 380 g/mol. The van der Waals surface area contributed by atoms with Gasteiger partial charge in [0, 0.05) is 23.1 Å². The molecule has 0 spiro atoms. The molecule has 30 heavy (non-hydrogen) atoms. The summed E-state index contributed by atoms with van der Waals surface area (Å²) in [5.41, 5.74) is 2.74. The second-order valence-electron chi connectivity index (χ2n) is 9.22. The van der Waals surface area contributed by atoms with Crippen molar-refractivity contribution in [2.45, 2.75) is 37.7 Å². The van der Waals surface area contributed by atoms with Crippen molar-refractivity contribution in [3.05, 3.63) is 82.9 Å². The standard InChI is InChI=1S/C25H22O5/c1-5-18(26)30-25-16-9-7-6-8-14(16)19(20-21(25)23(28)29-22(20)27)15-11-10-13(12-17(15)25)24(2,3)4/h5-12,19-21H,1H2,2-4H3. The van der Waals surface area contributed by atoms with Gasteiger partial charge in [-0.25, -0.2) is 4.79 Å². The summed E-state index contributed by atoms with van der Waals surface area (Å²) in [5.74, 6) is -3.82. The number of benzene rings is 2. The summed E-state index contributed by atoms with van der Waals surface area (Å²) in [5, 5.41) is 0. The molecule has 2 bridgehead atoms. The van der Waals surface area contributed by atoms with E-state index < -0.39 is 35.3 Å². The Balaban J connectivity index is 1.90. The lowest BCUT2D eigenvalue weighted by Gasteiger charge is -2.52. The molecule has 0 saturated carbocycles. The summed E-state index contributed by atoms with van der Waals surface area (Å²) in [6, 6.07) is 13.6. The molecule has 4 aliphatic rings. The SMILES string of the molecule is C=CC(=O)OC12c3ccccc3C(c3ccc(C(C)(C)C)cc31)C1C(=O)OC(=O)C12. The van der Waals surface area contributed by atoms with Crippen LogP contribution < -0.4 is 0 Å². The van der Waals surface area contributed by atoms with Crippen LogP contribution in [0.25, 0.3) is 0 Å². The van der Waals surface area contributed by atoms with E-state index in [0.29, 0.717) is 0 Å². The topological polar surface area (TPSA) is 69.7 Å². The lowest BCUT2D eigenvalue weighted by atomic mass is 9.52. The molecule has 3 aliphatic carbocycles. The van der Waals surface area contributed by atoms with E-state index in [9.17, 15) is 14.4 Å². The Hall–Kier alpha value is -3.21. The number of hydrogen-bond acceptors (Lipinski definition) is 5. The molecule has 5 nitrogen and oxygen atoms in total. The van der Waals surface area contributed by atoms with E-state index in [2.05, 4.69) is 27.4 Å².